The third-order valence-corrected chi connectivity index (χ3v) is 2.01. The average molecular weight is 242 g/mol. The van der Waals surface area contributed by atoms with Crippen molar-refractivity contribution >= 4 is 21.2 Å². The summed E-state index contributed by atoms with van der Waals surface area (Å²) in [4.78, 5) is 0. The zero-order valence-corrected chi connectivity index (χ0v) is 7.21. The maximum absolute atomic E-state index is 12.4. The Kier molecular flexibility index (Phi) is 2.42. The Labute approximate surface area is 72.9 Å². The van der Waals surface area contributed by atoms with Gasteiger partial charge in [0.15, 0.2) is 0 Å². The molecule has 0 saturated heterocycles. The van der Waals surface area contributed by atoms with E-state index in [1.807, 2.05) is 0 Å². The fourth-order valence-corrected chi connectivity index (χ4v) is 1.01. The van der Waals surface area contributed by atoms with Gasteiger partial charge in [-0.05, 0) is 0 Å². The SMILES string of the molecule is Fc1c(F)c(F)c([As+])c(F)c1F. The molecule has 0 nitrogen and oxygen atoms in total. The van der Waals surface area contributed by atoms with Crippen molar-refractivity contribution in [2.24, 2.45) is 0 Å². The summed E-state index contributed by atoms with van der Waals surface area (Å²) in [5, 5.41) is 0. The monoisotopic (exact) mass is 242 g/mol. The Balaban J connectivity index is 3.60. The van der Waals surface area contributed by atoms with E-state index in [1.165, 1.54) is 16.9 Å². The van der Waals surface area contributed by atoms with Crippen molar-refractivity contribution in [3.63, 3.8) is 0 Å². The van der Waals surface area contributed by atoms with Crippen LogP contribution in [0.1, 0.15) is 0 Å². The summed E-state index contributed by atoms with van der Waals surface area (Å²) < 4.78 is 60.6. The molecule has 1 aromatic carbocycles. The van der Waals surface area contributed by atoms with Gasteiger partial charge in [-0.2, -0.15) is 0 Å². The van der Waals surface area contributed by atoms with Crippen LogP contribution in [0.4, 0.5) is 22.0 Å². The van der Waals surface area contributed by atoms with Crippen molar-refractivity contribution < 1.29 is 22.0 Å². The van der Waals surface area contributed by atoms with Gasteiger partial charge in [-0.1, -0.05) is 0 Å². The number of benzene rings is 1. The van der Waals surface area contributed by atoms with E-state index in [4.69, 9.17) is 0 Å². The van der Waals surface area contributed by atoms with Crippen molar-refractivity contribution in [1.82, 2.24) is 0 Å². The van der Waals surface area contributed by atoms with Crippen LogP contribution in [0.25, 0.3) is 0 Å². The summed E-state index contributed by atoms with van der Waals surface area (Å²) in [5.74, 6) is -9.62. The molecule has 0 heterocycles. The van der Waals surface area contributed by atoms with Crippen molar-refractivity contribution in [2.45, 2.75) is 0 Å². The van der Waals surface area contributed by atoms with Gasteiger partial charge >= 0.3 is 72.2 Å². The van der Waals surface area contributed by atoms with Gasteiger partial charge in [0.1, 0.15) is 0 Å². The molecular weight excluding hydrogens is 242 g/mol. The molecule has 0 atom stereocenters. The predicted octanol–water partition coefficient (Wildman–Crippen LogP) is 1.18. The van der Waals surface area contributed by atoms with Crippen LogP contribution in [-0.4, -0.2) is 16.9 Å². The standard InChI is InChI=1S/C6AsF5/c7-1-2(8)4(10)6(12)5(11)3(1)9/q+1. The molecule has 6 heteroatoms. The summed E-state index contributed by atoms with van der Waals surface area (Å²) in [6, 6.07) is 0. The van der Waals surface area contributed by atoms with Gasteiger partial charge < -0.3 is 0 Å². The first-order valence-corrected chi connectivity index (χ1v) is 3.61. The van der Waals surface area contributed by atoms with Crippen LogP contribution in [0.15, 0.2) is 0 Å². The Bertz CT molecular complexity index is 230. The molecule has 0 bridgehead atoms. The summed E-state index contributed by atoms with van der Waals surface area (Å²) in [7, 11) is 0. The van der Waals surface area contributed by atoms with E-state index >= 15 is 0 Å². The molecule has 12 heavy (non-hydrogen) atoms. The Morgan fingerprint density at radius 1 is 0.583 bits per heavy atom. The van der Waals surface area contributed by atoms with Gasteiger partial charge in [0.2, 0.25) is 0 Å². The maximum atomic E-state index is 12.4. The van der Waals surface area contributed by atoms with Gasteiger partial charge in [-0.25, -0.2) is 0 Å². The van der Waals surface area contributed by atoms with Gasteiger partial charge in [0.05, 0.1) is 0 Å². The van der Waals surface area contributed by atoms with Gasteiger partial charge in [0.25, 0.3) is 0 Å². The quantitative estimate of drug-likeness (QED) is 0.277. The molecule has 0 fully saturated rings. The molecule has 1 aromatic rings. The molecule has 3 radical (unpaired) electrons. The van der Waals surface area contributed by atoms with Crippen LogP contribution in [0.5, 0.6) is 0 Å². The number of halogens is 5. The third kappa shape index (κ3) is 1.22. The summed E-state index contributed by atoms with van der Waals surface area (Å²) in [6.07, 6.45) is 0. The predicted molar refractivity (Wildman–Crippen MR) is 31.6 cm³/mol. The zero-order valence-electron chi connectivity index (χ0n) is 5.34. The van der Waals surface area contributed by atoms with Crippen LogP contribution >= 0.6 is 0 Å². The molecule has 0 aliphatic carbocycles. The molecule has 0 spiro atoms. The fourth-order valence-electron chi connectivity index (χ4n) is 0.593. The molecule has 0 amide bonds. The van der Waals surface area contributed by atoms with E-state index in [-0.39, 0.29) is 0 Å². The second kappa shape index (κ2) is 3.05. The summed E-state index contributed by atoms with van der Waals surface area (Å²) in [6.45, 7) is 0. The Hall–Kier alpha value is -0.572. The first-order valence-electron chi connectivity index (χ1n) is 2.67. The summed E-state index contributed by atoms with van der Waals surface area (Å²) >= 11 is 1.28. The number of hydrogen-bond donors (Lipinski definition) is 0. The first-order chi connectivity index (χ1) is 5.46. The van der Waals surface area contributed by atoms with Crippen LogP contribution < -0.4 is 4.35 Å². The number of hydrogen-bond acceptors (Lipinski definition) is 0. The van der Waals surface area contributed by atoms with E-state index in [1.54, 1.807) is 0 Å². The van der Waals surface area contributed by atoms with E-state index < -0.39 is 33.4 Å². The second-order valence-corrected chi connectivity index (χ2v) is 2.86. The van der Waals surface area contributed by atoms with Gasteiger partial charge in [-0.15, -0.1) is 0 Å². The molecule has 1 rings (SSSR count). The van der Waals surface area contributed by atoms with E-state index in [2.05, 4.69) is 0 Å². The Morgan fingerprint density at radius 2 is 0.833 bits per heavy atom. The molecular formula is C6AsF5+. The van der Waals surface area contributed by atoms with Crippen molar-refractivity contribution in [3.8, 4) is 0 Å². The van der Waals surface area contributed by atoms with Gasteiger partial charge in [-0.3, -0.25) is 0 Å². The topological polar surface area (TPSA) is 0 Å². The van der Waals surface area contributed by atoms with E-state index in [0.717, 1.165) is 0 Å². The van der Waals surface area contributed by atoms with Crippen molar-refractivity contribution in [1.29, 1.82) is 0 Å². The third-order valence-electron chi connectivity index (χ3n) is 1.19. The normalized spacial score (nSPS) is 10.5. The second-order valence-electron chi connectivity index (χ2n) is 1.92. The summed E-state index contributed by atoms with van der Waals surface area (Å²) in [5.41, 5.74) is 0. The molecule has 0 N–H and O–H groups in total. The molecule has 0 aromatic heterocycles. The zero-order chi connectivity index (χ0) is 9.46. The minimum atomic E-state index is -2.14. The number of rotatable bonds is 0. The van der Waals surface area contributed by atoms with E-state index in [0.29, 0.717) is 0 Å². The van der Waals surface area contributed by atoms with Crippen LogP contribution in [0.2, 0.25) is 0 Å². The van der Waals surface area contributed by atoms with Crippen LogP contribution in [0, 0.1) is 29.1 Å². The molecule has 0 saturated carbocycles. The Morgan fingerprint density at radius 3 is 1.17 bits per heavy atom. The molecule has 0 unspecified atom stereocenters. The molecule has 0 aliphatic rings. The van der Waals surface area contributed by atoms with Gasteiger partial charge in [0, 0.05) is 0 Å². The van der Waals surface area contributed by atoms with Crippen LogP contribution in [0.3, 0.4) is 0 Å². The molecule has 0 aliphatic heterocycles. The molecule has 63 valence electrons. The van der Waals surface area contributed by atoms with Crippen molar-refractivity contribution in [3.05, 3.63) is 29.1 Å². The van der Waals surface area contributed by atoms with Crippen molar-refractivity contribution in [2.75, 3.05) is 0 Å². The first kappa shape index (κ1) is 9.52. The van der Waals surface area contributed by atoms with Crippen LogP contribution in [-0.2, 0) is 0 Å². The average Bonchev–Trinajstić information content (AvgIpc) is 2.08. The fraction of sp³-hybridized carbons (Fsp3) is 0. The van der Waals surface area contributed by atoms with E-state index in [9.17, 15) is 22.0 Å². The minimum absolute atomic E-state index is 0.932.